The lowest BCUT2D eigenvalue weighted by Crippen LogP contribution is -2.42. The number of thioether (sulfide) groups is 1. The minimum atomic E-state index is -0.254. The fraction of sp³-hybridized carbons (Fsp3) is 0.680. The number of hydrogen-bond acceptors (Lipinski definition) is 5. The molecule has 182 valence electrons. The Morgan fingerprint density at radius 2 is 1.47 bits per heavy atom. The second-order valence-electron chi connectivity index (χ2n) is 8.52. The number of nitrogens with one attached hydrogen (secondary N) is 3. The van der Waals surface area contributed by atoms with Gasteiger partial charge in [0.05, 0.1) is 12.3 Å². The van der Waals surface area contributed by atoms with Gasteiger partial charge < -0.3 is 10.4 Å². The standard InChI is InChI=1S/C25H43N3O3S/c1-5-6-7-8-9-10-11-12-13-14-15-32-18-24(30)28-26-17-23(29)27-22-16-19(2)25(31)21(4)20(22)3/h16,26,31H,5-15,17-18H2,1-4H3,(H,27,29)(H,28,30). The van der Waals surface area contributed by atoms with Crippen LogP contribution in [0.2, 0.25) is 0 Å². The van der Waals surface area contributed by atoms with Crippen molar-refractivity contribution in [1.29, 1.82) is 0 Å². The third kappa shape index (κ3) is 11.8. The van der Waals surface area contributed by atoms with Crippen LogP contribution in [0.25, 0.3) is 0 Å². The monoisotopic (exact) mass is 465 g/mol. The van der Waals surface area contributed by atoms with Gasteiger partial charge in [-0.15, -0.1) is 0 Å². The van der Waals surface area contributed by atoms with Crippen LogP contribution in [-0.2, 0) is 9.59 Å². The molecule has 0 spiro atoms. The summed E-state index contributed by atoms with van der Waals surface area (Å²) in [5.74, 6) is 1.25. The maximum atomic E-state index is 12.1. The molecule has 0 aromatic heterocycles. The molecular weight excluding hydrogens is 422 g/mol. The zero-order valence-electron chi connectivity index (χ0n) is 20.4. The van der Waals surface area contributed by atoms with E-state index in [-0.39, 0.29) is 24.1 Å². The number of anilines is 1. The van der Waals surface area contributed by atoms with E-state index >= 15 is 0 Å². The van der Waals surface area contributed by atoms with Crippen LogP contribution >= 0.6 is 11.8 Å². The van der Waals surface area contributed by atoms with Crippen LogP contribution < -0.4 is 16.2 Å². The van der Waals surface area contributed by atoms with Gasteiger partial charge in [0.2, 0.25) is 11.8 Å². The van der Waals surface area contributed by atoms with Gasteiger partial charge in [0.25, 0.3) is 0 Å². The van der Waals surface area contributed by atoms with Crippen LogP contribution in [0.3, 0.4) is 0 Å². The van der Waals surface area contributed by atoms with Gasteiger partial charge in [-0.25, -0.2) is 5.43 Å². The number of aryl methyl sites for hydroxylation is 1. The van der Waals surface area contributed by atoms with Crippen LogP contribution in [0.5, 0.6) is 5.75 Å². The van der Waals surface area contributed by atoms with Crippen LogP contribution in [0.4, 0.5) is 5.69 Å². The average molecular weight is 466 g/mol. The number of carbonyl (C=O) groups excluding carboxylic acids is 2. The number of aromatic hydroxyl groups is 1. The Bertz CT molecular complexity index is 710. The second-order valence-corrected chi connectivity index (χ2v) is 9.63. The molecule has 4 N–H and O–H groups in total. The number of unbranched alkanes of at least 4 members (excludes halogenated alkanes) is 9. The Kier molecular flexibility index (Phi) is 14.9. The summed E-state index contributed by atoms with van der Waals surface area (Å²) in [6.45, 7) is 7.70. The highest BCUT2D eigenvalue weighted by molar-refractivity contribution is 7.99. The summed E-state index contributed by atoms with van der Waals surface area (Å²) in [5.41, 5.74) is 8.22. The highest BCUT2D eigenvalue weighted by Gasteiger charge is 2.11. The fourth-order valence-electron chi connectivity index (χ4n) is 3.51. The van der Waals surface area contributed by atoms with E-state index in [1.807, 2.05) is 13.8 Å². The third-order valence-electron chi connectivity index (χ3n) is 5.68. The number of rotatable bonds is 17. The molecule has 7 heteroatoms. The predicted molar refractivity (Wildman–Crippen MR) is 136 cm³/mol. The van der Waals surface area contributed by atoms with Gasteiger partial charge in [-0.2, -0.15) is 11.8 Å². The second kappa shape index (κ2) is 16.8. The van der Waals surface area contributed by atoms with E-state index in [1.54, 1.807) is 24.8 Å². The molecule has 0 radical (unpaired) electrons. The van der Waals surface area contributed by atoms with Gasteiger partial charge in [0, 0.05) is 5.69 Å². The third-order valence-corrected chi connectivity index (χ3v) is 6.73. The van der Waals surface area contributed by atoms with Gasteiger partial charge in [0.15, 0.2) is 0 Å². The lowest BCUT2D eigenvalue weighted by Gasteiger charge is -2.14. The van der Waals surface area contributed by atoms with Gasteiger partial charge in [-0.3, -0.25) is 15.0 Å². The Hall–Kier alpha value is -1.73. The predicted octanol–water partition coefficient (Wildman–Crippen LogP) is 5.53. The summed E-state index contributed by atoms with van der Waals surface area (Å²) < 4.78 is 0. The molecule has 1 rings (SSSR count). The van der Waals surface area contributed by atoms with Crippen molar-refractivity contribution in [1.82, 2.24) is 10.9 Å². The zero-order valence-corrected chi connectivity index (χ0v) is 21.3. The Balaban J connectivity index is 2.04. The first-order chi connectivity index (χ1) is 15.4. The largest absolute Gasteiger partial charge is 0.507 e. The summed E-state index contributed by atoms with van der Waals surface area (Å²) in [7, 11) is 0. The first-order valence-corrected chi connectivity index (χ1v) is 13.2. The lowest BCUT2D eigenvalue weighted by atomic mass is 10.0. The van der Waals surface area contributed by atoms with E-state index in [1.165, 1.54) is 57.8 Å². The fourth-order valence-corrected chi connectivity index (χ4v) is 4.32. The Labute approximate surface area is 198 Å². The molecule has 0 aliphatic rings. The van der Waals surface area contributed by atoms with Crippen LogP contribution in [0.15, 0.2) is 6.07 Å². The number of amides is 2. The topological polar surface area (TPSA) is 90.5 Å². The summed E-state index contributed by atoms with van der Waals surface area (Å²) in [6.07, 6.45) is 13.1. The van der Waals surface area contributed by atoms with E-state index in [0.29, 0.717) is 17.0 Å². The quantitative estimate of drug-likeness (QED) is 0.138. The molecule has 0 aliphatic carbocycles. The molecule has 2 amide bonds. The molecule has 0 unspecified atom stereocenters. The van der Waals surface area contributed by atoms with Gasteiger partial charge in [-0.05, 0) is 55.7 Å². The molecule has 1 aromatic rings. The smallest absolute Gasteiger partial charge is 0.244 e. The minimum absolute atomic E-state index is 0.0206. The van der Waals surface area contributed by atoms with Gasteiger partial charge >= 0.3 is 0 Å². The Morgan fingerprint density at radius 3 is 2.09 bits per heavy atom. The van der Waals surface area contributed by atoms with Crippen molar-refractivity contribution < 1.29 is 14.7 Å². The molecule has 0 saturated carbocycles. The number of phenols is 1. The van der Waals surface area contributed by atoms with Crippen molar-refractivity contribution in [3.63, 3.8) is 0 Å². The van der Waals surface area contributed by atoms with Gasteiger partial charge in [0.1, 0.15) is 5.75 Å². The molecule has 0 atom stereocenters. The van der Waals surface area contributed by atoms with E-state index in [2.05, 4.69) is 23.1 Å². The molecule has 0 heterocycles. The molecular formula is C25H43N3O3S. The highest BCUT2D eigenvalue weighted by atomic mass is 32.2. The first-order valence-electron chi connectivity index (χ1n) is 12.1. The molecule has 6 nitrogen and oxygen atoms in total. The maximum absolute atomic E-state index is 12.1. The number of hydrazine groups is 1. The van der Waals surface area contributed by atoms with Crippen molar-refractivity contribution >= 4 is 29.3 Å². The van der Waals surface area contributed by atoms with Crippen LogP contribution in [-0.4, -0.2) is 35.0 Å². The SMILES string of the molecule is CCCCCCCCCCCCSCC(=O)NNCC(=O)Nc1cc(C)c(O)c(C)c1C. The van der Waals surface area contributed by atoms with Crippen molar-refractivity contribution in [2.24, 2.45) is 0 Å². The summed E-state index contributed by atoms with van der Waals surface area (Å²) in [4.78, 5) is 24.0. The van der Waals surface area contributed by atoms with E-state index in [4.69, 9.17) is 0 Å². The maximum Gasteiger partial charge on any atom is 0.244 e. The van der Waals surface area contributed by atoms with Crippen molar-refractivity contribution in [2.75, 3.05) is 23.4 Å². The average Bonchev–Trinajstić information content (AvgIpc) is 2.76. The molecule has 1 aromatic carbocycles. The zero-order chi connectivity index (χ0) is 23.8. The van der Waals surface area contributed by atoms with E-state index < -0.39 is 0 Å². The lowest BCUT2D eigenvalue weighted by molar-refractivity contribution is -0.120. The molecule has 0 bridgehead atoms. The number of carbonyl (C=O) groups is 2. The van der Waals surface area contributed by atoms with Gasteiger partial charge in [-0.1, -0.05) is 64.7 Å². The summed E-state index contributed by atoms with van der Waals surface area (Å²) in [6, 6.07) is 1.75. The van der Waals surface area contributed by atoms with Crippen LogP contribution in [0.1, 0.15) is 87.8 Å². The first kappa shape index (κ1) is 28.3. The normalized spacial score (nSPS) is 10.9. The summed E-state index contributed by atoms with van der Waals surface area (Å²) in [5, 5.41) is 12.8. The molecule has 0 aliphatic heterocycles. The molecule has 32 heavy (non-hydrogen) atoms. The van der Waals surface area contributed by atoms with E-state index in [9.17, 15) is 14.7 Å². The Morgan fingerprint density at radius 1 is 0.875 bits per heavy atom. The number of benzene rings is 1. The van der Waals surface area contributed by atoms with E-state index in [0.717, 1.165) is 23.3 Å². The van der Waals surface area contributed by atoms with Crippen molar-refractivity contribution in [3.05, 3.63) is 22.8 Å². The number of hydrogen-bond donors (Lipinski definition) is 4. The molecule has 0 fully saturated rings. The minimum Gasteiger partial charge on any atom is -0.507 e. The van der Waals surface area contributed by atoms with Crippen molar-refractivity contribution in [3.8, 4) is 5.75 Å². The molecule has 0 saturated heterocycles. The van der Waals surface area contributed by atoms with Crippen LogP contribution in [0, 0.1) is 20.8 Å². The number of phenolic OH excluding ortho intramolecular Hbond substituents is 1. The highest BCUT2D eigenvalue weighted by Crippen LogP contribution is 2.30. The summed E-state index contributed by atoms with van der Waals surface area (Å²) >= 11 is 1.63. The van der Waals surface area contributed by atoms with Crippen molar-refractivity contribution in [2.45, 2.75) is 91.9 Å².